The minimum atomic E-state index is -0.651. The van der Waals surface area contributed by atoms with E-state index in [1.54, 1.807) is 4.68 Å². The number of halogens is 2. The maximum absolute atomic E-state index is 14.4. The van der Waals surface area contributed by atoms with Crippen LogP contribution in [-0.2, 0) is 0 Å². The molecule has 3 aliphatic carbocycles. The van der Waals surface area contributed by atoms with Crippen molar-refractivity contribution in [2.75, 3.05) is 0 Å². The fraction of sp³-hybridized carbons (Fsp3) is 0.524. The number of carbonyl (C=O) groups is 1. The van der Waals surface area contributed by atoms with Crippen molar-refractivity contribution in [3.05, 3.63) is 46.8 Å². The summed E-state index contributed by atoms with van der Waals surface area (Å²) in [5, 5.41) is 7.69. The molecule has 27 heavy (non-hydrogen) atoms. The van der Waals surface area contributed by atoms with E-state index >= 15 is 0 Å². The van der Waals surface area contributed by atoms with Crippen LogP contribution in [0, 0.1) is 11.6 Å². The molecule has 5 rings (SSSR count). The molecule has 1 amide bonds. The molecule has 1 heterocycles. The van der Waals surface area contributed by atoms with Crippen molar-refractivity contribution >= 4 is 5.91 Å². The molecule has 2 unspecified atom stereocenters. The Hall–Kier alpha value is -2.24. The predicted octanol–water partition coefficient (Wildman–Crippen LogP) is 4.58. The van der Waals surface area contributed by atoms with Gasteiger partial charge in [0.15, 0.2) is 11.5 Å². The van der Waals surface area contributed by atoms with E-state index in [0.29, 0.717) is 17.5 Å². The first-order chi connectivity index (χ1) is 13.1. The fourth-order valence-electron chi connectivity index (χ4n) is 5.24. The first-order valence-corrected chi connectivity index (χ1v) is 10.0. The third-order valence-corrected chi connectivity index (χ3v) is 6.48. The second-order valence-electron chi connectivity index (χ2n) is 8.17. The molecule has 0 saturated heterocycles. The quantitative estimate of drug-likeness (QED) is 0.859. The van der Waals surface area contributed by atoms with Crippen LogP contribution in [0.5, 0.6) is 0 Å². The number of hydrogen-bond acceptors (Lipinski definition) is 2. The van der Waals surface area contributed by atoms with E-state index in [1.165, 1.54) is 18.6 Å². The minimum Gasteiger partial charge on any atom is -0.348 e. The fourth-order valence-corrected chi connectivity index (χ4v) is 5.24. The normalized spacial score (nSPS) is 24.2. The minimum absolute atomic E-state index is 0.146. The number of amides is 1. The average molecular weight is 371 g/mol. The summed E-state index contributed by atoms with van der Waals surface area (Å²) in [6.45, 7) is 0. The van der Waals surface area contributed by atoms with Gasteiger partial charge in [0, 0.05) is 23.6 Å². The van der Waals surface area contributed by atoms with Crippen molar-refractivity contribution < 1.29 is 13.6 Å². The van der Waals surface area contributed by atoms with E-state index in [0.717, 1.165) is 62.3 Å². The number of nitrogens with zero attached hydrogens (tertiary/aromatic N) is 2. The van der Waals surface area contributed by atoms with Gasteiger partial charge in [-0.1, -0.05) is 19.3 Å². The Labute approximate surface area is 156 Å². The van der Waals surface area contributed by atoms with Crippen molar-refractivity contribution in [3.8, 4) is 5.69 Å². The number of rotatable bonds is 3. The highest BCUT2D eigenvalue weighted by molar-refractivity contribution is 5.95. The molecule has 0 aliphatic heterocycles. The van der Waals surface area contributed by atoms with Gasteiger partial charge in [-0.3, -0.25) is 4.79 Å². The summed E-state index contributed by atoms with van der Waals surface area (Å²) in [6, 6.07) is 3.72. The van der Waals surface area contributed by atoms with Gasteiger partial charge in [0.1, 0.15) is 11.5 Å². The highest BCUT2D eigenvalue weighted by Crippen LogP contribution is 2.54. The highest BCUT2D eigenvalue weighted by atomic mass is 19.1. The molecule has 2 fully saturated rings. The van der Waals surface area contributed by atoms with E-state index in [4.69, 9.17) is 0 Å². The van der Waals surface area contributed by atoms with Gasteiger partial charge < -0.3 is 5.32 Å². The lowest BCUT2D eigenvalue weighted by Crippen LogP contribution is -2.37. The molecule has 2 aromatic rings. The summed E-state index contributed by atoms with van der Waals surface area (Å²) in [7, 11) is 0. The van der Waals surface area contributed by atoms with Gasteiger partial charge in [-0.05, 0) is 50.2 Å². The SMILES string of the molecule is O=C(NC1CCCCC1)c1nn(-c2ccc(F)cc2F)c2c1C1CCC2C1. The number of carbonyl (C=O) groups excluding carboxylic acids is 1. The smallest absolute Gasteiger partial charge is 0.272 e. The summed E-state index contributed by atoms with van der Waals surface area (Å²) in [5.74, 6) is -0.779. The van der Waals surface area contributed by atoms with E-state index in [2.05, 4.69) is 10.4 Å². The molecule has 0 spiro atoms. The Morgan fingerprint density at radius 2 is 1.85 bits per heavy atom. The molecular formula is C21H23F2N3O. The summed E-state index contributed by atoms with van der Waals surface area (Å²) >= 11 is 0. The predicted molar refractivity (Wildman–Crippen MR) is 97.2 cm³/mol. The number of benzene rings is 1. The summed E-state index contributed by atoms with van der Waals surface area (Å²) in [6.07, 6.45) is 8.62. The maximum Gasteiger partial charge on any atom is 0.272 e. The van der Waals surface area contributed by atoms with Gasteiger partial charge in [-0.2, -0.15) is 5.10 Å². The summed E-state index contributed by atoms with van der Waals surface area (Å²) < 4.78 is 29.3. The molecule has 4 nitrogen and oxygen atoms in total. The van der Waals surface area contributed by atoms with Gasteiger partial charge in [-0.15, -0.1) is 0 Å². The van der Waals surface area contributed by atoms with Crippen LogP contribution in [0.4, 0.5) is 8.78 Å². The van der Waals surface area contributed by atoms with Crippen LogP contribution >= 0.6 is 0 Å². The first-order valence-electron chi connectivity index (χ1n) is 10.0. The lowest BCUT2D eigenvalue weighted by molar-refractivity contribution is 0.0920. The Morgan fingerprint density at radius 3 is 2.63 bits per heavy atom. The van der Waals surface area contributed by atoms with Gasteiger partial charge in [0.05, 0.1) is 5.69 Å². The molecule has 1 aromatic carbocycles. The van der Waals surface area contributed by atoms with Crippen LogP contribution in [-0.4, -0.2) is 21.7 Å². The molecule has 2 bridgehead atoms. The average Bonchev–Trinajstić information content (AvgIpc) is 3.35. The lowest BCUT2D eigenvalue weighted by Gasteiger charge is -2.22. The molecular weight excluding hydrogens is 348 g/mol. The second-order valence-corrected chi connectivity index (χ2v) is 8.17. The highest BCUT2D eigenvalue weighted by Gasteiger charge is 2.44. The molecule has 2 saturated carbocycles. The van der Waals surface area contributed by atoms with Crippen LogP contribution in [0.1, 0.15) is 84.9 Å². The third kappa shape index (κ3) is 2.77. The van der Waals surface area contributed by atoms with Crippen molar-refractivity contribution in [2.45, 2.75) is 69.2 Å². The monoisotopic (exact) mass is 371 g/mol. The van der Waals surface area contributed by atoms with E-state index in [-0.39, 0.29) is 17.6 Å². The molecule has 2 atom stereocenters. The topological polar surface area (TPSA) is 46.9 Å². The van der Waals surface area contributed by atoms with Crippen LogP contribution in [0.25, 0.3) is 5.69 Å². The summed E-state index contributed by atoms with van der Waals surface area (Å²) in [5.41, 5.74) is 2.59. The Balaban J connectivity index is 1.55. The Morgan fingerprint density at radius 1 is 1.07 bits per heavy atom. The van der Waals surface area contributed by atoms with Crippen LogP contribution < -0.4 is 5.32 Å². The van der Waals surface area contributed by atoms with Crippen molar-refractivity contribution in [3.63, 3.8) is 0 Å². The summed E-state index contributed by atoms with van der Waals surface area (Å²) in [4.78, 5) is 13.0. The van der Waals surface area contributed by atoms with E-state index < -0.39 is 11.6 Å². The first kappa shape index (κ1) is 16.9. The molecule has 3 aliphatic rings. The zero-order valence-electron chi connectivity index (χ0n) is 15.2. The zero-order chi connectivity index (χ0) is 18.5. The van der Waals surface area contributed by atoms with Crippen molar-refractivity contribution in [2.24, 2.45) is 0 Å². The Kier molecular flexibility index (Phi) is 4.02. The van der Waals surface area contributed by atoms with Gasteiger partial charge in [-0.25, -0.2) is 13.5 Å². The van der Waals surface area contributed by atoms with Gasteiger partial charge in [0.25, 0.3) is 5.91 Å². The van der Waals surface area contributed by atoms with Crippen molar-refractivity contribution in [1.29, 1.82) is 0 Å². The van der Waals surface area contributed by atoms with Gasteiger partial charge in [0.2, 0.25) is 0 Å². The molecule has 0 radical (unpaired) electrons. The Bertz CT molecular complexity index is 901. The number of fused-ring (bicyclic) bond motifs is 5. The number of aromatic nitrogens is 2. The van der Waals surface area contributed by atoms with Crippen LogP contribution in [0.15, 0.2) is 18.2 Å². The maximum atomic E-state index is 14.4. The molecule has 142 valence electrons. The number of hydrogen-bond donors (Lipinski definition) is 1. The molecule has 6 heteroatoms. The van der Waals surface area contributed by atoms with Crippen molar-refractivity contribution in [1.82, 2.24) is 15.1 Å². The van der Waals surface area contributed by atoms with Crippen LogP contribution in [0.2, 0.25) is 0 Å². The molecule has 1 N–H and O–H groups in total. The largest absolute Gasteiger partial charge is 0.348 e. The second kappa shape index (κ2) is 6.43. The standard InChI is InChI=1S/C21H23F2N3O/c22-14-8-9-17(16(23)11-14)26-20-13-7-6-12(10-13)18(20)19(25-26)21(27)24-15-4-2-1-3-5-15/h8-9,11-13,15H,1-7,10H2,(H,24,27). The zero-order valence-corrected chi connectivity index (χ0v) is 15.2. The third-order valence-electron chi connectivity index (χ3n) is 6.48. The van der Waals surface area contributed by atoms with E-state index in [9.17, 15) is 13.6 Å². The lowest BCUT2D eigenvalue weighted by atomic mass is 9.93. The van der Waals surface area contributed by atoms with Crippen LogP contribution in [0.3, 0.4) is 0 Å². The number of nitrogens with one attached hydrogen (secondary N) is 1. The van der Waals surface area contributed by atoms with Gasteiger partial charge >= 0.3 is 0 Å². The molecule has 1 aromatic heterocycles. The van der Waals surface area contributed by atoms with E-state index in [1.807, 2.05) is 0 Å².